The zero-order valence-electron chi connectivity index (χ0n) is 10.0. The van der Waals surface area contributed by atoms with Crippen LogP contribution in [0.1, 0.15) is 5.56 Å². The maximum Gasteiger partial charge on any atom is 0.193 e. The van der Waals surface area contributed by atoms with Crippen LogP contribution in [0.25, 0.3) is 22.4 Å². The number of aromatic nitrogens is 3. The SMILES string of the molecule is Cc1ccc2oc(-c3cnnn3C)cc(=O)c2c1. The molecule has 0 saturated heterocycles. The smallest absolute Gasteiger partial charge is 0.193 e. The van der Waals surface area contributed by atoms with Gasteiger partial charge in [-0.2, -0.15) is 0 Å². The fourth-order valence-corrected chi connectivity index (χ4v) is 1.91. The van der Waals surface area contributed by atoms with Crippen LogP contribution in [-0.4, -0.2) is 15.0 Å². The third-order valence-corrected chi connectivity index (χ3v) is 2.85. The van der Waals surface area contributed by atoms with Gasteiger partial charge < -0.3 is 4.42 Å². The van der Waals surface area contributed by atoms with E-state index in [1.807, 2.05) is 19.1 Å². The fourth-order valence-electron chi connectivity index (χ4n) is 1.91. The van der Waals surface area contributed by atoms with Crippen molar-refractivity contribution in [2.45, 2.75) is 6.92 Å². The summed E-state index contributed by atoms with van der Waals surface area (Å²) in [6.07, 6.45) is 1.57. The third-order valence-electron chi connectivity index (χ3n) is 2.85. The minimum absolute atomic E-state index is 0.0591. The van der Waals surface area contributed by atoms with Crippen LogP contribution < -0.4 is 5.43 Å². The fraction of sp³-hybridized carbons (Fsp3) is 0.154. The molecule has 3 rings (SSSR count). The summed E-state index contributed by atoms with van der Waals surface area (Å²) < 4.78 is 7.29. The van der Waals surface area contributed by atoms with E-state index in [0.29, 0.717) is 22.4 Å². The van der Waals surface area contributed by atoms with Gasteiger partial charge in [-0.3, -0.25) is 4.79 Å². The minimum Gasteiger partial charge on any atom is -0.454 e. The van der Waals surface area contributed by atoms with E-state index >= 15 is 0 Å². The second kappa shape index (κ2) is 3.80. The van der Waals surface area contributed by atoms with Gasteiger partial charge in [0, 0.05) is 13.1 Å². The van der Waals surface area contributed by atoms with Gasteiger partial charge in [-0.05, 0) is 19.1 Å². The lowest BCUT2D eigenvalue weighted by molar-refractivity contribution is 0.604. The zero-order valence-corrected chi connectivity index (χ0v) is 10.0. The molecule has 5 heteroatoms. The maximum absolute atomic E-state index is 12.0. The molecule has 0 bridgehead atoms. The highest BCUT2D eigenvalue weighted by molar-refractivity contribution is 5.78. The Balaban J connectivity index is 2.32. The monoisotopic (exact) mass is 241 g/mol. The van der Waals surface area contributed by atoms with E-state index in [0.717, 1.165) is 5.56 Å². The molecule has 0 saturated carbocycles. The lowest BCUT2D eigenvalue weighted by Crippen LogP contribution is -2.02. The second-order valence-corrected chi connectivity index (χ2v) is 4.22. The first-order chi connectivity index (χ1) is 8.65. The van der Waals surface area contributed by atoms with Crippen molar-refractivity contribution >= 4 is 11.0 Å². The van der Waals surface area contributed by atoms with Crippen molar-refractivity contribution in [2.75, 3.05) is 0 Å². The number of hydrogen-bond acceptors (Lipinski definition) is 4. The molecule has 2 heterocycles. The van der Waals surface area contributed by atoms with Gasteiger partial charge in [0.2, 0.25) is 0 Å². The van der Waals surface area contributed by atoms with Gasteiger partial charge in [-0.1, -0.05) is 16.8 Å². The number of rotatable bonds is 1. The molecule has 0 fully saturated rings. The maximum atomic E-state index is 12.0. The average molecular weight is 241 g/mol. The van der Waals surface area contributed by atoms with Crippen LogP contribution in [0.3, 0.4) is 0 Å². The molecule has 2 aromatic heterocycles. The standard InChI is InChI=1S/C13H11N3O2/c1-8-3-4-12-9(5-8)11(17)6-13(18-12)10-7-14-15-16(10)2/h3-7H,1-2H3. The first-order valence-electron chi connectivity index (χ1n) is 5.55. The Morgan fingerprint density at radius 1 is 1.28 bits per heavy atom. The molecular formula is C13H11N3O2. The van der Waals surface area contributed by atoms with Crippen LogP contribution >= 0.6 is 0 Å². The first-order valence-corrected chi connectivity index (χ1v) is 5.55. The molecule has 18 heavy (non-hydrogen) atoms. The highest BCUT2D eigenvalue weighted by Gasteiger charge is 2.10. The van der Waals surface area contributed by atoms with Gasteiger partial charge in [0.05, 0.1) is 11.6 Å². The summed E-state index contributed by atoms with van der Waals surface area (Å²) in [5, 5.41) is 8.19. The van der Waals surface area contributed by atoms with Crippen LogP contribution in [0.15, 0.2) is 39.7 Å². The molecule has 0 N–H and O–H groups in total. The third kappa shape index (κ3) is 1.60. The van der Waals surface area contributed by atoms with E-state index in [4.69, 9.17) is 4.42 Å². The van der Waals surface area contributed by atoms with E-state index in [1.165, 1.54) is 6.07 Å². The molecular weight excluding hydrogens is 230 g/mol. The molecule has 90 valence electrons. The lowest BCUT2D eigenvalue weighted by atomic mass is 10.1. The Labute approximate surface area is 103 Å². The molecule has 0 unspecified atom stereocenters. The van der Waals surface area contributed by atoms with Gasteiger partial charge in [0.25, 0.3) is 0 Å². The van der Waals surface area contributed by atoms with Crippen LogP contribution in [0.4, 0.5) is 0 Å². The predicted molar refractivity (Wildman–Crippen MR) is 67.2 cm³/mol. The topological polar surface area (TPSA) is 60.9 Å². The molecule has 0 atom stereocenters. The summed E-state index contributed by atoms with van der Waals surface area (Å²) in [5.74, 6) is 0.476. The van der Waals surface area contributed by atoms with E-state index in [1.54, 1.807) is 24.0 Å². The Morgan fingerprint density at radius 2 is 2.11 bits per heavy atom. The number of hydrogen-bond donors (Lipinski definition) is 0. The molecule has 0 aliphatic rings. The van der Waals surface area contributed by atoms with Crippen molar-refractivity contribution < 1.29 is 4.42 Å². The van der Waals surface area contributed by atoms with Crippen molar-refractivity contribution in [3.63, 3.8) is 0 Å². The van der Waals surface area contributed by atoms with Crippen molar-refractivity contribution in [1.82, 2.24) is 15.0 Å². The van der Waals surface area contributed by atoms with Gasteiger partial charge in [-0.15, -0.1) is 5.10 Å². The summed E-state index contributed by atoms with van der Waals surface area (Å²) in [7, 11) is 1.75. The quantitative estimate of drug-likeness (QED) is 0.652. The van der Waals surface area contributed by atoms with E-state index < -0.39 is 0 Å². The molecule has 3 aromatic rings. The molecule has 0 radical (unpaired) electrons. The van der Waals surface area contributed by atoms with Gasteiger partial charge in [0.1, 0.15) is 11.3 Å². The molecule has 5 nitrogen and oxygen atoms in total. The normalized spacial score (nSPS) is 11.0. The Hall–Kier alpha value is -2.43. The van der Waals surface area contributed by atoms with Crippen LogP contribution in [0.5, 0.6) is 0 Å². The molecule has 0 aliphatic heterocycles. The number of benzene rings is 1. The Kier molecular flexibility index (Phi) is 2.26. The van der Waals surface area contributed by atoms with Crippen molar-refractivity contribution in [3.8, 4) is 11.5 Å². The highest BCUT2D eigenvalue weighted by Crippen LogP contribution is 2.21. The van der Waals surface area contributed by atoms with Crippen LogP contribution in [0, 0.1) is 6.92 Å². The van der Waals surface area contributed by atoms with Crippen molar-refractivity contribution in [1.29, 1.82) is 0 Å². The van der Waals surface area contributed by atoms with Crippen LogP contribution in [-0.2, 0) is 7.05 Å². The van der Waals surface area contributed by atoms with Crippen molar-refractivity contribution in [2.24, 2.45) is 7.05 Å². The highest BCUT2D eigenvalue weighted by atomic mass is 16.3. The molecule has 0 aliphatic carbocycles. The lowest BCUT2D eigenvalue weighted by Gasteiger charge is -2.03. The average Bonchev–Trinajstić information content (AvgIpc) is 2.76. The van der Waals surface area contributed by atoms with Gasteiger partial charge >= 0.3 is 0 Å². The Morgan fingerprint density at radius 3 is 2.83 bits per heavy atom. The van der Waals surface area contributed by atoms with E-state index in [2.05, 4.69) is 10.3 Å². The number of aryl methyl sites for hydroxylation is 2. The molecule has 0 amide bonds. The summed E-state index contributed by atoms with van der Waals surface area (Å²) >= 11 is 0. The Bertz CT molecular complexity index is 786. The summed E-state index contributed by atoms with van der Waals surface area (Å²) in [4.78, 5) is 12.0. The predicted octanol–water partition coefficient (Wildman–Crippen LogP) is 1.90. The van der Waals surface area contributed by atoms with Crippen LogP contribution in [0.2, 0.25) is 0 Å². The molecule has 0 spiro atoms. The van der Waals surface area contributed by atoms with Gasteiger partial charge in [-0.25, -0.2) is 4.68 Å². The number of fused-ring (bicyclic) bond motifs is 1. The zero-order chi connectivity index (χ0) is 12.7. The largest absolute Gasteiger partial charge is 0.454 e. The van der Waals surface area contributed by atoms with E-state index in [-0.39, 0.29) is 5.43 Å². The number of nitrogens with zero attached hydrogens (tertiary/aromatic N) is 3. The first kappa shape index (κ1) is 10.7. The van der Waals surface area contributed by atoms with Crippen molar-refractivity contribution in [3.05, 3.63) is 46.2 Å². The van der Waals surface area contributed by atoms with Gasteiger partial charge in [0.15, 0.2) is 11.2 Å². The second-order valence-electron chi connectivity index (χ2n) is 4.22. The summed E-state index contributed by atoms with van der Waals surface area (Å²) in [6, 6.07) is 7.02. The van der Waals surface area contributed by atoms with E-state index in [9.17, 15) is 4.79 Å². The summed E-state index contributed by atoms with van der Waals surface area (Å²) in [5.41, 5.74) is 2.22. The molecule has 1 aromatic carbocycles. The summed E-state index contributed by atoms with van der Waals surface area (Å²) in [6.45, 7) is 1.94. The minimum atomic E-state index is -0.0591.